The van der Waals surface area contributed by atoms with Crippen molar-refractivity contribution in [2.24, 2.45) is 11.8 Å². The Morgan fingerprint density at radius 3 is 2.54 bits per heavy atom. The summed E-state index contributed by atoms with van der Waals surface area (Å²) in [4.78, 5) is 45.8. The third kappa shape index (κ3) is 5.16. The SMILES string of the molecule is C[C@]12/C=C\CCCCOC(=O)[C@H]1[C@H]1C(=O)N(CCCCCCO)C3C(=O)N(c4ccc(Cl)cc4)CC=C[C@@]31S2. The number of halogens is 1. The Kier molecular flexibility index (Phi) is 8.45. The van der Waals surface area contributed by atoms with Crippen molar-refractivity contribution >= 4 is 46.8 Å². The van der Waals surface area contributed by atoms with Gasteiger partial charge in [0.2, 0.25) is 5.91 Å². The van der Waals surface area contributed by atoms with E-state index in [0.29, 0.717) is 31.1 Å². The molecule has 2 amide bonds. The Morgan fingerprint density at radius 1 is 1.00 bits per heavy atom. The second-order valence-electron chi connectivity index (χ2n) is 11.1. The molecule has 1 unspecified atom stereocenters. The lowest BCUT2D eigenvalue weighted by molar-refractivity contribution is -0.154. The average molecular weight is 573 g/mol. The van der Waals surface area contributed by atoms with Gasteiger partial charge in [-0.1, -0.05) is 48.7 Å². The summed E-state index contributed by atoms with van der Waals surface area (Å²) in [6.07, 6.45) is 13.9. The van der Waals surface area contributed by atoms with Gasteiger partial charge in [-0.2, -0.15) is 0 Å². The fourth-order valence-corrected chi connectivity index (χ4v) is 8.92. The lowest BCUT2D eigenvalue weighted by Crippen LogP contribution is -2.53. The summed E-state index contributed by atoms with van der Waals surface area (Å²) in [5.41, 5.74) is 0.720. The highest BCUT2D eigenvalue weighted by Crippen LogP contribution is 2.65. The molecule has 5 atom stereocenters. The maximum Gasteiger partial charge on any atom is 0.311 e. The topological polar surface area (TPSA) is 87.1 Å². The highest BCUT2D eigenvalue weighted by molar-refractivity contribution is 8.02. The highest BCUT2D eigenvalue weighted by Gasteiger charge is 2.73. The Morgan fingerprint density at radius 2 is 1.77 bits per heavy atom. The number of esters is 1. The molecule has 4 heterocycles. The van der Waals surface area contributed by atoms with E-state index in [1.807, 2.05) is 31.2 Å². The molecule has 0 radical (unpaired) electrons. The van der Waals surface area contributed by atoms with Gasteiger partial charge in [0.05, 0.1) is 23.2 Å². The Labute approximate surface area is 239 Å². The molecule has 7 nitrogen and oxygen atoms in total. The molecule has 0 aliphatic carbocycles. The molecule has 5 rings (SSSR count). The molecular weight excluding hydrogens is 536 g/mol. The molecule has 1 N–H and O–H groups in total. The number of anilines is 1. The zero-order chi connectivity index (χ0) is 27.6. The second kappa shape index (κ2) is 11.7. The Balaban J connectivity index is 1.56. The van der Waals surface area contributed by atoms with E-state index in [9.17, 15) is 14.4 Å². The predicted octanol–water partition coefficient (Wildman–Crippen LogP) is 4.77. The van der Waals surface area contributed by atoms with Crippen LogP contribution in [-0.4, -0.2) is 69.6 Å². The minimum Gasteiger partial charge on any atom is -0.465 e. The molecule has 9 heteroatoms. The fraction of sp³-hybridized carbons (Fsp3) is 0.567. The Hall–Kier alpha value is -2.29. The highest BCUT2D eigenvalue weighted by atomic mass is 35.5. The van der Waals surface area contributed by atoms with Crippen molar-refractivity contribution in [3.05, 3.63) is 53.6 Å². The number of carbonyl (C=O) groups excluding carboxylic acids is 3. The standard InChI is InChI=1S/C30H37ClN2O5S/c1-29-15-6-2-5-9-20-38-28(37)24(29)23-26(35)33(17-7-3-4-8-19-34)25-27(36)32(18-10-16-30(23,25)39-29)22-13-11-21(31)12-14-22/h6,10-16,23-25,34H,2-5,7-9,17-20H2,1H3/b15-6-/t23-,24+,25?,29-,30-/m0/s1. The van der Waals surface area contributed by atoms with Crippen molar-refractivity contribution in [1.29, 1.82) is 0 Å². The van der Waals surface area contributed by atoms with Crippen LogP contribution in [0.5, 0.6) is 0 Å². The van der Waals surface area contributed by atoms with E-state index in [0.717, 1.165) is 44.2 Å². The number of fused-ring (bicyclic) bond motifs is 2. The monoisotopic (exact) mass is 572 g/mol. The van der Waals surface area contributed by atoms with Crippen LogP contribution in [0, 0.1) is 11.8 Å². The van der Waals surface area contributed by atoms with E-state index in [1.54, 1.807) is 33.7 Å². The normalized spacial score (nSPS) is 33.3. The molecule has 4 aliphatic heterocycles. The van der Waals surface area contributed by atoms with Gasteiger partial charge in [-0.3, -0.25) is 14.4 Å². The molecule has 1 aromatic rings. The van der Waals surface area contributed by atoms with Crippen molar-refractivity contribution in [1.82, 2.24) is 4.90 Å². The quantitative estimate of drug-likeness (QED) is 0.288. The summed E-state index contributed by atoms with van der Waals surface area (Å²) in [5, 5.41) is 9.74. The minimum absolute atomic E-state index is 0.141. The largest absolute Gasteiger partial charge is 0.465 e. The van der Waals surface area contributed by atoms with Gasteiger partial charge < -0.3 is 19.6 Å². The molecule has 0 saturated carbocycles. The number of rotatable bonds is 7. The first-order chi connectivity index (χ1) is 18.8. The van der Waals surface area contributed by atoms with Gasteiger partial charge in [-0.15, -0.1) is 11.8 Å². The summed E-state index contributed by atoms with van der Waals surface area (Å²) in [6.45, 7) is 3.29. The smallest absolute Gasteiger partial charge is 0.311 e. The predicted molar refractivity (Wildman–Crippen MR) is 154 cm³/mol. The molecule has 39 heavy (non-hydrogen) atoms. The molecule has 0 aromatic heterocycles. The van der Waals surface area contributed by atoms with Crippen LogP contribution in [0.2, 0.25) is 5.02 Å². The van der Waals surface area contributed by atoms with E-state index in [1.165, 1.54) is 0 Å². The van der Waals surface area contributed by atoms with Crippen molar-refractivity contribution in [3.8, 4) is 0 Å². The van der Waals surface area contributed by atoms with E-state index in [4.69, 9.17) is 21.4 Å². The zero-order valence-corrected chi connectivity index (χ0v) is 24.0. The number of benzene rings is 1. The third-order valence-corrected chi connectivity index (χ3v) is 10.5. The maximum absolute atomic E-state index is 14.5. The Bertz CT molecular complexity index is 1160. The summed E-state index contributed by atoms with van der Waals surface area (Å²) >= 11 is 7.70. The number of carbonyl (C=O) groups is 3. The van der Waals surface area contributed by atoms with Gasteiger partial charge in [0, 0.05) is 35.2 Å². The molecule has 2 saturated heterocycles. The van der Waals surface area contributed by atoms with Crippen molar-refractivity contribution in [2.75, 3.05) is 31.2 Å². The number of cyclic esters (lactones) is 1. The van der Waals surface area contributed by atoms with Gasteiger partial charge in [0.25, 0.3) is 5.91 Å². The zero-order valence-electron chi connectivity index (χ0n) is 22.4. The van der Waals surface area contributed by atoms with Crippen molar-refractivity contribution in [2.45, 2.75) is 67.4 Å². The summed E-state index contributed by atoms with van der Waals surface area (Å²) in [7, 11) is 0. The first-order valence-corrected chi connectivity index (χ1v) is 15.2. The lowest BCUT2D eigenvalue weighted by atomic mass is 9.74. The molecule has 0 bridgehead atoms. The third-order valence-electron chi connectivity index (χ3n) is 8.45. The van der Waals surface area contributed by atoms with Gasteiger partial charge in [-0.05, 0) is 63.3 Å². The first kappa shape index (κ1) is 28.2. The first-order valence-electron chi connectivity index (χ1n) is 14.0. The van der Waals surface area contributed by atoms with Gasteiger partial charge in [0.15, 0.2) is 0 Å². The average Bonchev–Trinajstić information content (AvgIpc) is 3.24. The number of hydrogen-bond donors (Lipinski definition) is 1. The number of aliphatic hydroxyl groups excluding tert-OH is 1. The summed E-state index contributed by atoms with van der Waals surface area (Å²) < 4.78 is 4.17. The molecule has 1 spiro atoms. The molecule has 4 aliphatic rings. The van der Waals surface area contributed by atoms with Gasteiger partial charge in [0.1, 0.15) is 6.04 Å². The number of likely N-dealkylation sites (tertiary alicyclic amines) is 1. The van der Waals surface area contributed by atoms with Crippen molar-refractivity contribution in [3.63, 3.8) is 0 Å². The molecular formula is C30H37ClN2O5S. The lowest BCUT2D eigenvalue weighted by Gasteiger charge is -2.37. The number of unbranched alkanes of at least 4 members (excludes halogenated alkanes) is 3. The molecule has 1 aromatic carbocycles. The summed E-state index contributed by atoms with van der Waals surface area (Å²) in [5.74, 6) is -2.04. The van der Waals surface area contributed by atoms with E-state index < -0.39 is 27.4 Å². The number of allylic oxidation sites excluding steroid dienone is 1. The summed E-state index contributed by atoms with van der Waals surface area (Å²) in [6, 6.07) is 6.42. The van der Waals surface area contributed by atoms with Crippen LogP contribution < -0.4 is 4.90 Å². The molecule has 2 fully saturated rings. The van der Waals surface area contributed by atoms with Crippen LogP contribution in [0.4, 0.5) is 5.69 Å². The second-order valence-corrected chi connectivity index (χ2v) is 13.3. The van der Waals surface area contributed by atoms with E-state index in [2.05, 4.69) is 12.2 Å². The van der Waals surface area contributed by atoms with Gasteiger partial charge >= 0.3 is 5.97 Å². The van der Waals surface area contributed by atoms with Crippen LogP contribution >= 0.6 is 23.4 Å². The maximum atomic E-state index is 14.5. The number of hydrogen-bond acceptors (Lipinski definition) is 6. The van der Waals surface area contributed by atoms with Crippen LogP contribution in [0.1, 0.15) is 51.9 Å². The van der Waals surface area contributed by atoms with Crippen molar-refractivity contribution < 1.29 is 24.2 Å². The van der Waals surface area contributed by atoms with Gasteiger partial charge in [-0.25, -0.2) is 0 Å². The number of thioether (sulfide) groups is 1. The van der Waals surface area contributed by atoms with E-state index in [-0.39, 0.29) is 24.4 Å². The van der Waals surface area contributed by atoms with Crippen LogP contribution in [0.3, 0.4) is 0 Å². The number of aliphatic hydroxyl groups is 1. The number of ether oxygens (including phenoxy) is 1. The fourth-order valence-electron chi connectivity index (χ4n) is 6.64. The van der Waals surface area contributed by atoms with E-state index >= 15 is 0 Å². The number of amides is 2. The van der Waals surface area contributed by atoms with Crippen LogP contribution in [-0.2, 0) is 19.1 Å². The minimum atomic E-state index is -0.892. The number of nitrogens with zero attached hydrogens (tertiary/aromatic N) is 2. The van der Waals surface area contributed by atoms with Crippen LogP contribution in [0.25, 0.3) is 0 Å². The van der Waals surface area contributed by atoms with Crippen LogP contribution in [0.15, 0.2) is 48.6 Å². The molecule has 210 valence electrons.